The van der Waals surface area contributed by atoms with Gasteiger partial charge in [0.2, 0.25) is 0 Å². The van der Waals surface area contributed by atoms with Crippen molar-refractivity contribution in [2.45, 2.75) is 55.1 Å². The smallest absolute Gasteiger partial charge is 0.267 e. The Hall–Kier alpha value is -1.95. The first-order valence-electron chi connectivity index (χ1n) is 11.6. The molecular formula is C26H32ClN3O2. The second-order valence-electron chi connectivity index (χ2n) is 10.4. The van der Waals surface area contributed by atoms with Crippen molar-refractivity contribution in [2.24, 2.45) is 17.6 Å². The molecule has 4 bridgehead atoms. The van der Waals surface area contributed by atoms with E-state index < -0.39 is 5.91 Å². The van der Waals surface area contributed by atoms with E-state index in [1.54, 1.807) is 6.20 Å². The number of aromatic nitrogens is 1. The van der Waals surface area contributed by atoms with E-state index in [1.165, 1.54) is 31.2 Å². The lowest BCUT2D eigenvalue weighted by atomic mass is 9.36. The number of nitrogens with zero attached hydrogens (tertiary/aromatic N) is 2. The average Bonchev–Trinajstić information content (AvgIpc) is 2.72. The number of carbonyl (C=O) groups excluding carboxylic acids is 1. The van der Waals surface area contributed by atoms with Crippen molar-refractivity contribution in [3.63, 3.8) is 0 Å². The van der Waals surface area contributed by atoms with Crippen LogP contribution in [0.3, 0.4) is 0 Å². The maximum absolute atomic E-state index is 11.8. The highest BCUT2D eigenvalue weighted by atomic mass is 35.5. The molecule has 3 atom stereocenters. The maximum atomic E-state index is 11.8. The van der Waals surface area contributed by atoms with E-state index in [0.717, 1.165) is 31.5 Å². The van der Waals surface area contributed by atoms with Gasteiger partial charge >= 0.3 is 0 Å². The Balaban J connectivity index is 0.00000216. The van der Waals surface area contributed by atoms with Gasteiger partial charge < -0.3 is 10.5 Å². The predicted octanol–water partition coefficient (Wildman–Crippen LogP) is 4.05. The van der Waals surface area contributed by atoms with Gasteiger partial charge in [0.15, 0.2) is 0 Å². The van der Waals surface area contributed by atoms with E-state index >= 15 is 0 Å². The molecule has 5 nitrogen and oxygen atoms in total. The highest BCUT2D eigenvalue weighted by Crippen LogP contribution is 2.71. The fourth-order valence-electron chi connectivity index (χ4n) is 7.72. The topological polar surface area (TPSA) is 68.5 Å². The second-order valence-corrected chi connectivity index (χ2v) is 10.4. The molecule has 1 aromatic carbocycles. The maximum Gasteiger partial charge on any atom is 0.267 e. The number of benzene rings is 1. The van der Waals surface area contributed by atoms with Crippen molar-refractivity contribution in [1.29, 1.82) is 0 Å². The fourth-order valence-corrected chi connectivity index (χ4v) is 7.72. The van der Waals surface area contributed by atoms with Crippen molar-refractivity contribution < 1.29 is 9.53 Å². The molecule has 4 aliphatic carbocycles. The Morgan fingerprint density at radius 1 is 1.06 bits per heavy atom. The molecule has 2 N–H and O–H groups in total. The van der Waals surface area contributed by atoms with Crippen LogP contribution in [0.25, 0.3) is 0 Å². The molecule has 4 saturated carbocycles. The summed E-state index contributed by atoms with van der Waals surface area (Å²) in [5.74, 6) is 0.375. The van der Waals surface area contributed by atoms with Gasteiger partial charge in [-0.25, -0.2) is 0 Å². The molecule has 2 aromatic rings. The number of amides is 1. The van der Waals surface area contributed by atoms with Crippen LogP contribution in [0.15, 0.2) is 48.7 Å². The number of likely N-dealkylation sites (tertiary alicyclic amines) is 1. The molecule has 1 saturated heterocycles. The van der Waals surface area contributed by atoms with Crippen molar-refractivity contribution >= 4 is 18.3 Å². The molecule has 1 aromatic heterocycles. The van der Waals surface area contributed by atoms with Crippen LogP contribution in [0.5, 0.6) is 0 Å². The van der Waals surface area contributed by atoms with Gasteiger partial charge in [-0.15, -0.1) is 12.4 Å². The number of carbonyl (C=O) groups is 1. The zero-order valence-electron chi connectivity index (χ0n) is 18.6. The first kappa shape index (κ1) is 21.9. The summed E-state index contributed by atoms with van der Waals surface area (Å²) >= 11 is 0. The van der Waals surface area contributed by atoms with Crippen LogP contribution < -0.4 is 5.73 Å². The summed E-state index contributed by atoms with van der Waals surface area (Å²) in [5.41, 5.74) is 8.93. The molecule has 0 unspecified atom stereocenters. The lowest BCUT2D eigenvalue weighted by Crippen LogP contribution is -2.79. The van der Waals surface area contributed by atoms with Crippen molar-refractivity contribution in [3.05, 3.63) is 65.5 Å². The van der Waals surface area contributed by atoms with Crippen LogP contribution in [-0.2, 0) is 15.8 Å². The highest BCUT2D eigenvalue weighted by molar-refractivity contribution is 5.90. The summed E-state index contributed by atoms with van der Waals surface area (Å²) in [6.07, 6.45) is 9.18. The van der Waals surface area contributed by atoms with Gasteiger partial charge in [-0.2, -0.15) is 0 Å². The zero-order valence-corrected chi connectivity index (χ0v) is 19.4. The van der Waals surface area contributed by atoms with Crippen molar-refractivity contribution in [3.8, 4) is 0 Å². The minimum atomic E-state index is -0.476. The summed E-state index contributed by atoms with van der Waals surface area (Å²) in [6, 6.07) is 15.0. The number of piperidine rings is 1. The molecular weight excluding hydrogens is 422 g/mol. The number of nitrogens with two attached hydrogens (primary N) is 1. The van der Waals surface area contributed by atoms with Crippen LogP contribution >= 0.6 is 12.4 Å². The minimum absolute atomic E-state index is 0. The molecule has 1 amide bonds. The molecule has 32 heavy (non-hydrogen) atoms. The summed E-state index contributed by atoms with van der Waals surface area (Å²) in [7, 11) is 1.84. The number of primary amides is 1. The van der Waals surface area contributed by atoms with Gasteiger partial charge in [0, 0.05) is 49.2 Å². The number of pyridine rings is 1. The summed E-state index contributed by atoms with van der Waals surface area (Å²) in [6.45, 7) is 2.15. The Labute approximate surface area is 196 Å². The summed E-state index contributed by atoms with van der Waals surface area (Å²) in [5, 5.41) is 0. The van der Waals surface area contributed by atoms with Crippen LogP contribution in [0.1, 0.15) is 60.1 Å². The number of hydrogen-bond acceptors (Lipinski definition) is 4. The summed E-state index contributed by atoms with van der Waals surface area (Å²) in [4.78, 5) is 18.7. The normalized spacial score (nSPS) is 37.5. The quantitative estimate of drug-likeness (QED) is 0.741. The van der Waals surface area contributed by atoms with Gasteiger partial charge in [-0.3, -0.25) is 14.7 Å². The molecule has 0 radical (unpaired) electrons. The van der Waals surface area contributed by atoms with E-state index in [2.05, 4.69) is 40.2 Å². The average molecular weight is 454 g/mol. The Morgan fingerprint density at radius 3 is 2.31 bits per heavy atom. The predicted molar refractivity (Wildman–Crippen MR) is 126 cm³/mol. The highest BCUT2D eigenvalue weighted by Gasteiger charge is 2.72. The third kappa shape index (κ3) is 2.84. The minimum Gasteiger partial charge on any atom is -0.373 e. The van der Waals surface area contributed by atoms with E-state index in [1.807, 2.05) is 19.2 Å². The molecule has 0 spiro atoms. The first-order chi connectivity index (χ1) is 15.0. The SMILES string of the molecule is CO[C@]1(c2ccnc(C(N)=O)c2)[C@@H]2CCC[C@H]1CN(C13CC(c4ccccc4)(C1)C3)C2.Cl. The number of ether oxygens (including phenoxy) is 1. The number of halogens is 1. The van der Waals surface area contributed by atoms with Crippen LogP contribution in [0.2, 0.25) is 0 Å². The van der Waals surface area contributed by atoms with Crippen LogP contribution in [-0.4, -0.2) is 41.5 Å². The van der Waals surface area contributed by atoms with Gasteiger partial charge in [0.25, 0.3) is 5.91 Å². The first-order valence-corrected chi connectivity index (χ1v) is 11.6. The summed E-state index contributed by atoms with van der Waals surface area (Å²) < 4.78 is 6.37. The van der Waals surface area contributed by atoms with Crippen LogP contribution in [0.4, 0.5) is 0 Å². The lowest BCUT2D eigenvalue weighted by Gasteiger charge is -2.76. The van der Waals surface area contributed by atoms with Gasteiger partial charge in [0.05, 0.1) is 0 Å². The number of methoxy groups -OCH3 is 1. The van der Waals surface area contributed by atoms with E-state index in [-0.39, 0.29) is 18.0 Å². The lowest BCUT2D eigenvalue weighted by molar-refractivity contribution is -0.236. The van der Waals surface area contributed by atoms with Crippen molar-refractivity contribution in [1.82, 2.24) is 9.88 Å². The standard InChI is InChI=1S/C26H31N3O2.ClH/c1-31-26(19-10-11-28-22(12-19)23(27)30)20-8-5-9-21(26)14-29(13-20)25-15-24(16-25,17-25)18-6-3-2-4-7-18;/h2-4,6-7,10-12,20-21H,5,8-9,13-17H2,1H3,(H2,27,30);1H/t20-,21+,24?,25?,26-;. The number of rotatable bonds is 5. The van der Waals surface area contributed by atoms with E-state index in [4.69, 9.17) is 10.5 Å². The molecule has 5 aliphatic rings. The Kier molecular flexibility index (Phi) is 5.16. The largest absolute Gasteiger partial charge is 0.373 e. The van der Waals surface area contributed by atoms with Gasteiger partial charge in [0.1, 0.15) is 11.3 Å². The molecule has 1 aliphatic heterocycles. The molecule has 5 fully saturated rings. The number of fused-ring (bicyclic) bond motifs is 2. The van der Waals surface area contributed by atoms with E-state index in [9.17, 15) is 4.79 Å². The van der Waals surface area contributed by atoms with Crippen LogP contribution in [0, 0.1) is 11.8 Å². The third-order valence-electron chi connectivity index (χ3n) is 9.06. The molecule has 2 heterocycles. The van der Waals surface area contributed by atoms with Gasteiger partial charge in [-0.05, 0) is 55.4 Å². The van der Waals surface area contributed by atoms with Crippen molar-refractivity contribution in [2.75, 3.05) is 20.2 Å². The number of hydrogen-bond donors (Lipinski definition) is 1. The molecule has 7 rings (SSSR count). The fraction of sp³-hybridized carbons (Fsp3) is 0.538. The zero-order chi connectivity index (χ0) is 21.3. The Bertz CT molecular complexity index is 993. The molecule has 170 valence electrons. The Morgan fingerprint density at radius 2 is 1.72 bits per heavy atom. The monoisotopic (exact) mass is 453 g/mol. The third-order valence-corrected chi connectivity index (χ3v) is 9.06. The second kappa shape index (κ2) is 7.54. The van der Waals surface area contributed by atoms with E-state index in [0.29, 0.717) is 28.5 Å². The molecule has 6 heteroatoms. The van der Waals surface area contributed by atoms with Gasteiger partial charge in [-0.1, -0.05) is 36.8 Å².